The molecule has 4 heteroatoms. The number of allylic oxidation sites excluding steroid dienone is 4. The average molecular weight is 244 g/mol. The Morgan fingerprint density at radius 1 is 1.50 bits per heavy atom. The van der Waals surface area contributed by atoms with Gasteiger partial charge in [-0.2, -0.15) is 0 Å². The van der Waals surface area contributed by atoms with Crippen LogP contribution in [0.15, 0.2) is 42.0 Å². The Hall–Kier alpha value is -2.10. The van der Waals surface area contributed by atoms with Crippen LogP contribution in [0.25, 0.3) is 5.57 Å². The minimum Gasteiger partial charge on any atom is -0.355 e. The Balaban J connectivity index is 2.08. The van der Waals surface area contributed by atoms with Crippen LogP contribution in [0.2, 0.25) is 0 Å². The van der Waals surface area contributed by atoms with Crippen molar-refractivity contribution in [3.05, 3.63) is 48.9 Å². The number of nitrogens with zero attached hydrogens (tertiary/aromatic N) is 1. The molecule has 1 saturated carbocycles. The van der Waals surface area contributed by atoms with Gasteiger partial charge in [-0.1, -0.05) is 36.5 Å². The third-order valence-electron chi connectivity index (χ3n) is 2.99. The first kappa shape index (κ1) is 12.4. The predicted octanol–water partition coefficient (Wildman–Crippen LogP) is 2.71. The zero-order valence-electron chi connectivity index (χ0n) is 10.2. The number of rotatable bonds is 5. The van der Waals surface area contributed by atoms with E-state index in [9.17, 15) is 4.79 Å². The van der Waals surface area contributed by atoms with E-state index >= 15 is 0 Å². The van der Waals surface area contributed by atoms with E-state index in [0.717, 1.165) is 18.4 Å². The maximum Gasteiger partial charge on any atom is 0.273 e. The lowest BCUT2D eigenvalue weighted by Gasteiger charge is -2.25. The fraction of sp³-hybridized carbons (Fsp3) is 0.286. The molecule has 0 aliphatic heterocycles. The van der Waals surface area contributed by atoms with Gasteiger partial charge in [0.2, 0.25) is 0 Å². The lowest BCUT2D eigenvalue weighted by atomic mass is 9.93. The van der Waals surface area contributed by atoms with E-state index in [4.69, 9.17) is 4.52 Å². The molecule has 1 aliphatic carbocycles. The summed E-state index contributed by atoms with van der Waals surface area (Å²) in [6, 6.07) is 1.91. The zero-order valence-corrected chi connectivity index (χ0v) is 10.2. The Bertz CT molecular complexity index is 496. The largest absolute Gasteiger partial charge is 0.355 e. The molecule has 0 radical (unpaired) electrons. The molecule has 4 nitrogen and oxygen atoms in total. The fourth-order valence-corrected chi connectivity index (χ4v) is 1.71. The smallest absolute Gasteiger partial charge is 0.273 e. The Labute approximate surface area is 106 Å². The molecule has 0 unspecified atom stereocenters. The van der Waals surface area contributed by atoms with E-state index in [1.54, 1.807) is 24.3 Å². The summed E-state index contributed by atoms with van der Waals surface area (Å²) in [5.74, 6) is 0.334. The second-order valence-corrected chi connectivity index (χ2v) is 4.24. The van der Waals surface area contributed by atoms with Crippen LogP contribution in [0.4, 0.5) is 0 Å². The molecule has 0 atom stereocenters. The van der Waals surface area contributed by atoms with Crippen LogP contribution >= 0.6 is 0 Å². The van der Waals surface area contributed by atoms with Gasteiger partial charge in [-0.3, -0.25) is 4.79 Å². The van der Waals surface area contributed by atoms with Crippen molar-refractivity contribution in [1.82, 2.24) is 10.5 Å². The Morgan fingerprint density at radius 3 is 2.83 bits per heavy atom. The van der Waals surface area contributed by atoms with Gasteiger partial charge in [0, 0.05) is 17.7 Å². The summed E-state index contributed by atoms with van der Waals surface area (Å²) >= 11 is 0. The van der Waals surface area contributed by atoms with Gasteiger partial charge >= 0.3 is 0 Å². The minimum atomic E-state index is -0.184. The topological polar surface area (TPSA) is 55.1 Å². The summed E-state index contributed by atoms with van der Waals surface area (Å²) in [6.07, 6.45) is 8.29. The molecule has 2 rings (SSSR count). The summed E-state index contributed by atoms with van der Waals surface area (Å²) in [7, 11) is 0. The average Bonchev–Trinajstić information content (AvgIpc) is 2.80. The molecule has 1 N–H and O–H groups in total. The van der Waals surface area contributed by atoms with Gasteiger partial charge in [-0.05, 0) is 19.3 Å². The third kappa shape index (κ3) is 2.59. The number of aromatic nitrogens is 1. The molecule has 1 aliphatic rings. The zero-order chi connectivity index (χ0) is 13.0. The van der Waals surface area contributed by atoms with E-state index in [1.165, 1.54) is 6.42 Å². The van der Waals surface area contributed by atoms with Gasteiger partial charge in [0.05, 0.1) is 0 Å². The molecule has 0 bridgehead atoms. The van der Waals surface area contributed by atoms with Crippen LogP contribution in [0.5, 0.6) is 0 Å². The normalized spacial score (nSPS) is 15.9. The lowest BCUT2D eigenvalue weighted by molar-refractivity contribution is 0.0907. The predicted molar refractivity (Wildman–Crippen MR) is 70.0 cm³/mol. The maximum absolute atomic E-state index is 11.8. The van der Waals surface area contributed by atoms with E-state index in [0.29, 0.717) is 17.5 Å². The monoisotopic (exact) mass is 244 g/mol. The highest BCUT2D eigenvalue weighted by Crippen LogP contribution is 2.20. The number of amides is 1. The second kappa shape index (κ2) is 5.49. The Kier molecular flexibility index (Phi) is 3.77. The van der Waals surface area contributed by atoms with Crippen molar-refractivity contribution in [1.29, 1.82) is 0 Å². The molecule has 0 spiro atoms. The van der Waals surface area contributed by atoms with Gasteiger partial charge < -0.3 is 9.84 Å². The van der Waals surface area contributed by atoms with Crippen molar-refractivity contribution in [2.45, 2.75) is 25.3 Å². The lowest BCUT2D eigenvalue weighted by Crippen LogP contribution is -2.39. The maximum atomic E-state index is 11.8. The van der Waals surface area contributed by atoms with Crippen molar-refractivity contribution in [2.24, 2.45) is 0 Å². The first-order chi connectivity index (χ1) is 8.74. The minimum absolute atomic E-state index is 0.184. The molecule has 0 aromatic carbocycles. The highest BCUT2D eigenvalue weighted by atomic mass is 16.5. The molecule has 1 heterocycles. The molecule has 18 heavy (non-hydrogen) atoms. The standard InChI is InChI=1S/C14H16N2O2/c1-3-6-10(4-2)13-9-12(16-18-13)14(17)15-11-7-5-8-11/h3-4,6,9,11H,1-2,5,7-8H2,(H,15,17)/b10-6+. The molecule has 1 fully saturated rings. The van der Waals surface area contributed by atoms with Crippen LogP contribution in [0, 0.1) is 0 Å². The number of carbonyl (C=O) groups excluding carboxylic acids is 1. The highest BCUT2D eigenvalue weighted by Gasteiger charge is 2.22. The van der Waals surface area contributed by atoms with Gasteiger partial charge in [0.15, 0.2) is 11.5 Å². The summed E-state index contributed by atoms with van der Waals surface area (Å²) in [5.41, 5.74) is 1.05. The van der Waals surface area contributed by atoms with Crippen molar-refractivity contribution in [3.63, 3.8) is 0 Å². The quantitative estimate of drug-likeness (QED) is 0.810. The van der Waals surface area contributed by atoms with Gasteiger partial charge in [0.25, 0.3) is 5.91 Å². The fourth-order valence-electron chi connectivity index (χ4n) is 1.71. The van der Waals surface area contributed by atoms with Crippen LogP contribution in [0.3, 0.4) is 0 Å². The van der Waals surface area contributed by atoms with E-state index in [-0.39, 0.29) is 5.91 Å². The van der Waals surface area contributed by atoms with Crippen molar-refractivity contribution < 1.29 is 9.32 Å². The van der Waals surface area contributed by atoms with Crippen molar-refractivity contribution in [3.8, 4) is 0 Å². The molecular formula is C14H16N2O2. The van der Waals surface area contributed by atoms with Gasteiger partial charge in [0.1, 0.15) is 0 Å². The van der Waals surface area contributed by atoms with E-state index in [1.807, 2.05) is 0 Å². The van der Waals surface area contributed by atoms with Gasteiger partial charge in [-0.15, -0.1) is 0 Å². The van der Waals surface area contributed by atoms with Crippen LogP contribution in [0.1, 0.15) is 35.5 Å². The number of hydrogen-bond acceptors (Lipinski definition) is 3. The van der Waals surface area contributed by atoms with E-state index in [2.05, 4.69) is 23.6 Å². The van der Waals surface area contributed by atoms with Gasteiger partial charge in [-0.25, -0.2) is 0 Å². The molecule has 1 aromatic rings. The van der Waals surface area contributed by atoms with Crippen molar-refractivity contribution >= 4 is 11.5 Å². The molecule has 94 valence electrons. The first-order valence-corrected chi connectivity index (χ1v) is 5.97. The van der Waals surface area contributed by atoms with Crippen LogP contribution in [-0.4, -0.2) is 17.1 Å². The first-order valence-electron chi connectivity index (χ1n) is 5.97. The summed E-state index contributed by atoms with van der Waals surface area (Å²) in [6.45, 7) is 7.28. The summed E-state index contributed by atoms with van der Waals surface area (Å²) < 4.78 is 5.13. The number of nitrogens with one attached hydrogen (secondary N) is 1. The molecule has 1 aromatic heterocycles. The number of carbonyl (C=O) groups is 1. The summed E-state index contributed by atoms with van der Waals surface area (Å²) in [5, 5.41) is 6.68. The molecule has 0 saturated heterocycles. The highest BCUT2D eigenvalue weighted by molar-refractivity contribution is 5.93. The van der Waals surface area contributed by atoms with Crippen molar-refractivity contribution in [2.75, 3.05) is 0 Å². The molecular weight excluding hydrogens is 228 g/mol. The Morgan fingerprint density at radius 2 is 2.28 bits per heavy atom. The number of hydrogen-bond donors (Lipinski definition) is 1. The SMILES string of the molecule is C=C/C=C(\C=C)c1cc(C(=O)NC2CCC2)no1. The molecule has 1 amide bonds. The third-order valence-corrected chi connectivity index (χ3v) is 2.99. The summed E-state index contributed by atoms with van der Waals surface area (Å²) in [4.78, 5) is 11.8. The van der Waals surface area contributed by atoms with E-state index < -0.39 is 0 Å². The second-order valence-electron chi connectivity index (χ2n) is 4.24. The van der Waals surface area contributed by atoms with Crippen LogP contribution in [-0.2, 0) is 0 Å². The van der Waals surface area contributed by atoms with Crippen LogP contribution < -0.4 is 5.32 Å².